The molecule has 0 saturated carbocycles. The highest BCUT2D eigenvalue weighted by atomic mass is 16.7. The van der Waals surface area contributed by atoms with Crippen molar-refractivity contribution in [2.45, 2.75) is 26.1 Å². The molecule has 3 rings (SSSR count). The number of fused-ring (bicyclic) bond motifs is 1. The van der Waals surface area contributed by atoms with Gasteiger partial charge in [-0.05, 0) is 12.1 Å². The number of amides is 1. The highest BCUT2D eigenvalue weighted by Gasteiger charge is 2.39. The molecule has 0 aliphatic carbocycles. The topological polar surface area (TPSA) is 93.7 Å². The van der Waals surface area contributed by atoms with E-state index < -0.39 is 17.7 Å². The number of esters is 2. The standard InChI is InChI=1S/C15H14N2O5/c1-15(2)21-13(19)9(14(20)22-15)7-16-10-4-3-5-11-8(10)6-12(18)17-11/h3-5,7,16H,6H2,1-2H3,(H,17,18). The first-order valence-corrected chi connectivity index (χ1v) is 6.71. The maximum Gasteiger partial charge on any atom is 0.350 e. The average Bonchev–Trinajstić information content (AvgIpc) is 2.77. The summed E-state index contributed by atoms with van der Waals surface area (Å²) in [5.41, 5.74) is 1.90. The van der Waals surface area contributed by atoms with E-state index in [4.69, 9.17) is 9.47 Å². The van der Waals surface area contributed by atoms with Gasteiger partial charge in [0.15, 0.2) is 5.57 Å². The zero-order chi connectivity index (χ0) is 15.9. The van der Waals surface area contributed by atoms with E-state index in [0.29, 0.717) is 11.4 Å². The fourth-order valence-corrected chi connectivity index (χ4v) is 2.31. The lowest BCUT2D eigenvalue weighted by atomic mass is 10.1. The van der Waals surface area contributed by atoms with Crippen molar-refractivity contribution in [3.63, 3.8) is 0 Å². The Balaban J connectivity index is 1.84. The van der Waals surface area contributed by atoms with E-state index in [9.17, 15) is 14.4 Å². The second-order valence-corrected chi connectivity index (χ2v) is 5.44. The zero-order valence-corrected chi connectivity index (χ0v) is 12.1. The Morgan fingerprint density at radius 1 is 1.18 bits per heavy atom. The van der Waals surface area contributed by atoms with Gasteiger partial charge in [0.1, 0.15) is 0 Å². The van der Waals surface area contributed by atoms with Crippen LogP contribution in [0.4, 0.5) is 11.4 Å². The van der Waals surface area contributed by atoms with Crippen molar-refractivity contribution < 1.29 is 23.9 Å². The summed E-state index contributed by atoms with van der Waals surface area (Å²) in [7, 11) is 0. The van der Waals surface area contributed by atoms with Crippen molar-refractivity contribution in [1.29, 1.82) is 0 Å². The second-order valence-electron chi connectivity index (χ2n) is 5.44. The molecule has 2 aliphatic heterocycles. The summed E-state index contributed by atoms with van der Waals surface area (Å²) in [5, 5.41) is 5.59. The lowest BCUT2D eigenvalue weighted by molar-refractivity contribution is -0.222. The van der Waals surface area contributed by atoms with Gasteiger partial charge in [-0.15, -0.1) is 0 Å². The van der Waals surface area contributed by atoms with Crippen LogP contribution < -0.4 is 10.6 Å². The molecule has 2 N–H and O–H groups in total. The molecule has 114 valence electrons. The number of rotatable bonds is 2. The SMILES string of the molecule is CC1(C)OC(=O)C(=CNc2cccc3c2CC(=O)N3)C(=O)O1. The Kier molecular flexibility index (Phi) is 3.13. The highest BCUT2D eigenvalue weighted by Crippen LogP contribution is 2.30. The van der Waals surface area contributed by atoms with Crippen LogP contribution in [0.5, 0.6) is 0 Å². The summed E-state index contributed by atoms with van der Waals surface area (Å²) < 4.78 is 10.00. The summed E-state index contributed by atoms with van der Waals surface area (Å²) in [6, 6.07) is 5.29. The Morgan fingerprint density at radius 3 is 2.55 bits per heavy atom. The number of nitrogens with one attached hydrogen (secondary N) is 2. The maximum absolute atomic E-state index is 11.8. The number of hydrogen-bond acceptors (Lipinski definition) is 6. The molecule has 0 aromatic heterocycles. The fraction of sp³-hybridized carbons (Fsp3) is 0.267. The van der Waals surface area contributed by atoms with Gasteiger partial charge in [0.2, 0.25) is 5.91 Å². The molecule has 0 radical (unpaired) electrons. The Labute approximate surface area is 126 Å². The smallest absolute Gasteiger partial charge is 0.350 e. The van der Waals surface area contributed by atoms with Gasteiger partial charge in [-0.3, -0.25) is 4.79 Å². The minimum absolute atomic E-state index is 0.102. The minimum atomic E-state index is -1.27. The molecule has 1 amide bonds. The molecule has 0 unspecified atom stereocenters. The summed E-state index contributed by atoms with van der Waals surface area (Å²) in [5.74, 6) is -2.88. The van der Waals surface area contributed by atoms with E-state index >= 15 is 0 Å². The molecule has 2 aliphatic rings. The van der Waals surface area contributed by atoms with Crippen LogP contribution in [0, 0.1) is 0 Å². The number of ether oxygens (including phenoxy) is 2. The Hall–Kier alpha value is -2.83. The summed E-state index contributed by atoms with van der Waals surface area (Å²) in [6.07, 6.45) is 1.47. The van der Waals surface area contributed by atoms with Gasteiger partial charge in [-0.1, -0.05) is 6.07 Å². The predicted octanol–water partition coefficient (Wildman–Crippen LogP) is 1.31. The van der Waals surface area contributed by atoms with E-state index in [-0.39, 0.29) is 17.9 Å². The minimum Gasteiger partial charge on any atom is -0.419 e. The van der Waals surface area contributed by atoms with Crippen LogP contribution >= 0.6 is 0 Å². The number of hydrogen-bond donors (Lipinski definition) is 2. The summed E-state index contributed by atoms with van der Waals surface area (Å²) >= 11 is 0. The van der Waals surface area contributed by atoms with Gasteiger partial charge in [-0.25, -0.2) is 9.59 Å². The summed E-state index contributed by atoms with van der Waals surface area (Å²) in [4.78, 5) is 35.1. The molecule has 1 aromatic carbocycles. The van der Waals surface area contributed by atoms with Crippen molar-refractivity contribution in [3.05, 3.63) is 35.5 Å². The maximum atomic E-state index is 11.8. The zero-order valence-electron chi connectivity index (χ0n) is 12.1. The lowest BCUT2D eigenvalue weighted by Gasteiger charge is -2.29. The van der Waals surface area contributed by atoms with Gasteiger partial charge in [0.25, 0.3) is 5.79 Å². The third-order valence-corrected chi connectivity index (χ3v) is 3.28. The molecule has 7 nitrogen and oxygen atoms in total. The number of benzene rings is 1. The normalized spacial score (nSPS) is 19.0. The molecule has 1 saturated heterocycles. The molecule has 22 heavy (non-hydrogen) atoms. The van der Waals surface area contributed by atoms with Gasteiger partial charge < -0.3 is 20.1 Å². The summed E-state index contributed by atoms with van der Waals surface area (Å²) in [6.45, 7) is 2.96. The van der Waals surface area contributed by atoms with Crippen LogP contribution in [-0.2, 0) is 30.3 Å². The van der Waals surface area contributed by atoms with Gasteiger partial charge in [-0.2, -0.15) is 0 Å². The van der Waals surface area contributed by atoms with Crippen LogP contribution in [0.3, 0.4) is 0 Å². The first-order valence-electron chi connectivity index (χ1n) is 6.71. The predicted molar refractivity (Wildman–Crippen MR) is 76.7 cm³/mol. The molecule has 0 atom stereocenters. The van der Waals surface area contributed by atoms with Crippen molar-refractivity contribution >= 4 is 29.2 Å². The van der Waals surface area contributed by atoms with Crippen molar-refractivity contribution in [2.24, 2.45) is 0 Å². The third kappa shape index (κ3) is 2.52. The van der Waals surface area contributed by atoms with Gasteiger partial charge >= 0.3 is 11.9 Å². The largest absolute Gasteiger partial charge is 0.419 e. The lowest BCUT2D eigenvalue weighted by Crippen LogP contribution is -2.42. The second kappa shape index (κ2) is 4.87. The van der Waals surface area contributed by atoms with E-state index in [1.54, 1.807) is 18.2 Å². The van der Waals surface area contributed by atoms with Crippen LogP contribution in [0.25, 0.3) is 0 Å². The average molecular weight is 302 g/mol. The van der Waals surface area contributed by atoms with E-state index in [0.717, 1.165) is 5.56 Å². The first kappa shape index (κ1) is 14.1. The van der Waals surface area contributed by atoms with E-state index in [2.05, 4.69) is 10.6 Å². The van der Waals surface area contributed by atoms with Crippen LogP contribution in [0.1, 0.15) is 19.4 Å². The highest BCUT2D eigenvalue weighted by molar-refractivity contribution is 6.15. The van der Waals surface area contributed by atoms with Gasteiger partial charge in [0.05, 0.1) is 6.42 Å². The van der Waals surface area contributed by atoms with E-state index in [1.165, 1.54) is 20.0 Å². The van der Waals surface area contributed by atoms with Crippen LogP contribution in [0.15, 0.2) is 30.0 Å². The Bertz CT molecular complexity index is 699. The monoisotopic (exact) mass is 302 g/mol. The molecule has 2 heterocycles. The van der Waals surface area contributed by atoms with Crippen molar-refractivity contribution in [1.82, 2.24) is 0 Å². The molecule has 1 aromatic rings. The number of carbonyl (C=O) groups is 3. The molecular formula is C15H14N2O5. The molecule has 0 bridgehead atoms. The van der Waals surface area contributed by atoms with Crippen molar-refractivity contribution in [3.8, 4) is 0 Å². The first-order chi connectivity index (χ1) is 10.4. The number of cyclic esters (lactones) is 2. The quantitative estimate of drug-likeness (QED) is 0.486. The van der Waals surface area contributed by atoms with Gasteiger partial charge in [0, 0.05) is 37.0 Å². The van der Waals surface area contributed by atoms with E-state index in [1.807, 2.05) is 0 Å². The molecule has 7 heteroatoms. The van der Waals surface area contributed by atoms with Crippen LogP contribution in [-0.4, -0.2) is 23.6 Å². The number of carbonyl (C=O) groups excluding carboxylic acids is 3. The molecule has 0 spiro atoms. The molecular weight excluding hydrogens is 288 g/mol. The fourth-order valence-electron chi connectivity index (χ4n) is 2.31. The number of anilines is 2. The third-order valence-electron chi connectivity index (χ3n) is 3.28. The van der Waals surface area contributed by atoms with Crippen molar-refractivity contribution in [2.75, 3.05) is 10.6 Å². The van der Waals surface area contributed by atoms with Crippen LogP contribution in [0.2, 0.25) is 0 Å². The molecule has 1 fully saturated rings. The Morgan fingerprint density at radius 2 is 1.86 bits per heavy atom.